The summed E-state index contributed by atoms with van der Waals surface area (Å²) in [6.45, 7) is 2.20. The third kappa shape index (κ3) is 5.31. The second kappa shape index (κ2) is 9.91. The molecule has 30 heavy (non-hydrogen) atoms. The minimum absolute atomic E-state index is 0.0666. The SMILES string of the molecule is O=C(N[C@@H]1CCC[C@H]1N1CCC(Cc2ccc(Cl)cc2)CC1)c1ccc(Cl)c(Cl)c1. The minimum Gasteiger partial charge on any atom is -0.348 e. The maximum atomic E-state index is 12.7. The second-order valence-electron chi connectivity index (χ2n) is 8.52. The van der Waals surface area contributed by atoms with Crippen molar-refractivity contribution >= 4 is 40.7 Å². The standard InChI is InChI=1S/C24H27Cl3N2O/c25-19-7-4-16(5-8-19)14-17-10-12-29(13-11-17)23-3-1-2-22(23)28-24(30)18-6-9-20(26)21(27)15-18/h4-9,15,17,22-23H,1-3,10-14H2,(H,28,30)/t22-,23-/m1/s1. The van der Waals surface area contributed by atoms with E-state index in [1.165, 1.54) is 18.4 Å². The molecule has 3 nitrogen and oxygen atoms in total. The Morgan fingerprint density at radius 1 is 0.933 bits per heavy atom. The molecule has 1 heterocycles. The highest BCUT2D eigenvalue weighted by Gasteiger charge is 2.35. The van der Waals surface area contributed by atoms with Crippen molar-refractivity contribution in [2.75, 3.05) is 13.1 Å². The maximum absolute atomic E-state index is 12.7. The molecule has 6 heteroatoms. The molecular formula is C24H27Cl3N2O. The molecule has 2 aromatic carbocycles. The van der Waals surface area contributed by atoms with Crippen molar-refractivity contribution in [3.63, 3.8) is 0 Å². The number of rotatable bonds is 5. The molecule has 1 amide bonds. The molecule has 0 unspecified atom stereocenters. The first-order valence-electron chi connectivity index (χ1n) is 10.7. The van der Waals surface area contributed by atoms with Crippen molar-refractivity contribution in [2.45, 2.75) is 50.6 Å². The van der Waals surface area contributed by atoms with E-state index in [4.69, 9.17) is 34.8 Å². The molecule has 0 aromatic heterocycles. The lowest BCUT2D eigenvalue weighted by Gasteiger charge is -2.38. The van der Waals surface area contributed by atoms with Crippen LogP contribution >= 0.6 is 34.8 Å². The smallest absolute Gasteiger partial charge is 0.251 e. The Hall–Kier alpha value is -1.26. The Morgan fingerprint density at radius 3 is 2.37 bits per heavy atom. The van der Waals surface area contributed by atoms with E-state index < -0.39 is 0 Å². The monoisotopic (exact) mass is 464 g/mol. The topological polar surface area (TPSA) is 32.3 Å². The Kier molecular flexibility index (Phi) is 7.25. The molecule has 2 aromatic rings. The van der Waals surface area contributed by atoms with Crippen LogP contribution in [0.15, 0.2) is 42.5 Å². The summed E-state index contributed by atoms with van der Waals surface area (Å²) >= 11 is 18.1. The van der Waals surface area contributed by atoms with Gasteiger partial charge in [-0.3, -0.25) is 9.69 Å². The van der Waals surface area contributed by atoms with Gasteiger partial charge in [0.2, 0.25) is 0 Å². The van der Waals surface area contributed by atoms with Crippen molar-refractivity contribution in [1.29, 1.82) is 0 Å². The van der Waals surface area contributed by atoms with Gasteiger partial charge >= 0.3 is 0 Å². The summed E-state index contributed by atoms with van der Waals surface area (Å²) in [7, 11) is 0. The highest BCUT2D eigenvalue weighted by Crippen LogP contribution is 2.30. The summed E-state index contributed by atoms with van der Waals surface area (Å²) in [6, 6.07) is 13.9. The number of carbonyl (C=O) groups excluding carboxylic acids is 1. The number of hydrogen-bond acceptors (Lipinski definition) is 2. The molecule has 0 radical (unpaired) electrons. The number of nitrogens with one attached hydrogen (secondary N) is 1. The van der Waals surface area contributed by atoms with Gasteiger partial charge in [-0.15, -0.1) is 0 Å². The first kappa shape index (κ1) is 22.0. The van der Waals surface area contributed by atoms with Crippen LogP contribution in [0.1, 0.15) is 48.0 Å². The first-order valence-corrected chi connectivity index (χ1v) is 11.9. The quantitative estimate of drug-likeness (QED) is 0.566. The molecule has 1 N–H and O–H groups in total. The molecule has 1 aliphatic heterocycles. The van der Waals surface area contributed by atoms with Crippen LogP contribution in [-0.4, -0.2) is 36.0 Å². The fourth-order valence-electron chi connectivity index (χ4n) is 4.88. The number of benzene rings is 2. The number of piperidine rings is 1. The normalized spacial score (nSPS) is 22.9. The van der Waals surface area contributed by atoms with Gasteiger partial charge in [0.1, 0.15) is 0 Å². The van der Waals surface area contributed by atoms with Gasteiger partial charge in [0, 0.05) is 22.7 Å². The Bertz CT molecular complexity index is 879. The predicted octanol–water partition coefficient (Wildman–Crippen LogP) is 6.25. The summed E-state index contributed by atoms with van der Waals surface area (Å²) in [5.41, 5.74) is 1.93. The van der Waals surface area contributed by atoms with Gasteiger partial charge in [0.05, 0.1) is 10.0 Å². The van der Waals surface area contributed by atoms with Crippen LogP contribution in [0.25, 0.3) is 0 Å². The number of likely N-dealkylation sites (tertiary alicyclic amines) is 1. The fraction of sp³-hybridized carbons (Fsp3) is 0.458. The molecule has 1 saturated carbocycles. The summed E-state index contributed by atoms with van der Waals surface area (Å²) in [6.07, 6.45) is 6.85. The van der Waals surface area contributed by atoms with Crippen LogP contribution in [0.4, 0.5) is 0 Å². The van der Waals surface area contributed by atoms with Crippen molar-refractivity contribution < 1.29 is 4.79 Å². The fourth-order valence-corrected chi connectivity index (χ4v) is 5.30. The highest BCUT2D eigenvalue weighted by molar-refractivity contribution is 6.42. The summed E-state index contributed by atoms with van der Waals surface area (Å²) in [4.78, 5) is 15.3. The van der Waals surface area contributed by atoms with Crippen molar-refractivity contribution in [2.24, 2.45) is 5.92 Å². The number of amides is 1. The molecule has 0 bridgehead atoms. The number of carbonyl (C=O) groups is 1. The van der Waals surface area contributed by atoms with Crippen LogP contribution in [-0.2, 0) is 6.42 Å². The van der Waals surface area contributed by atoms with E-state index in [2.05, 4.69) is 22.3 Å². The van der Waals surface area contributed by atoms with E-state index in [-0.39, 0.29) is 11.9 Å². The zero-order chi connectivity index (χ0) is 21.1. The average molecular weight is 466 g/mol. The average Bonchev–Trinajstić information content (AvgIpc) is 3.20. The molecule has 1 aliphatic carbocycles. The highest BCUT2D eigenvalue weighted by atomic mass is 35.5. The summed E-state index contributed by atoms with van der Waals surface area (Å²) < 4.78 is 0. The second-order valence-corrected chi connectivity index (χ2v) is 9.77. The molecule has 2 aliphatic rings. The van der Waals surface area contributed by atoms with Crippen LogP contribution in [0.3, 0.4) is 0 Å². The first-order chi connectivity index (χ1) is 14.5. The van der Waals surface area contributed by atoms with Crippen molar-refractivity contribution in [3.05, 3.63) is 68.7 Å². The van der Waals surface area contributed by atoms with E-state index in [1.807, 2.05) is 12.1 Å². The van der Waals surface area contributed by atoms with Crippen LogP contribution < -0.4 is 5.32 Å². The number of hydrogen-bond donors (Lipinski definition) is 1. The molecule has 160 valence electrons. The van der Waals surface area contributed by atoms with Gasteiger partial charge in [-0.25, -0.2) is 0 Å². The van der Waals surface area contributed by atoms with Gasteiger partial charge < -0.3 is 5.32 Å². The zero-order valence-electron chi connectivity index (χ0n) is 16.9. The number of nitrogens with zero attached hydrogens (tertiary/aromatic N) is 1. The predicted molar refractivity (Wildman–Crippen MR) is 125 cm³/mol. The maximum Gasteiger partial charge on any atom is 0.251 e. The molecular weight excluding hydrogens is 439 g/mol. The lowest BCUT2D eigenvalue weighted by molar-refractivity contribution is 0.0862. The van der Waals surface area contributed by atoms with Gasteiger partial charge in [0.25, 0.3) is 5.91 Å². The van der Waals surface area contributed by atoms with E-state index in [0.717, 1.165) is 43.8 Å². The van der Waals surface area contributed by atoms with Gasteiger partial charge in [-0.1, -0.05) is 46.9 Å². The van der Waals surface area contributed by atoms with Crippen molar-refractivity contribution in [1.82, 2.24) is 10.2 Å². The van der Waals surface area contributed by atoms with E-state index >= 15 is 0 Å². The van der Waals surface area contributed by atoms with Gasteiger partial charge in [-0.2, -0.15) is 0 Å². The molecule has 4 rings (SSSR count). The van der Waals surface area contributed by atoms with Crippen LogP contribution in [0.5, 0.6) is 0 Å². The van der Waals surface area contributed by atoms with E-state index in [1.54, 1.807) is 18.2 Å². The van der Waals surface area contributed by atoms with Crippen LogP contribution in [0, 0.1) is 5.92 Å². The van der Waals surface area contributed by atoms with E-state index in [9.17, 15) is 4.79 Å². The lowest BCUT2D eigenvalue weighted by atomic mass is 9.89. The van der Waals surface area contributed by atoms with Gasteiger partial charge in [-0.05, 0) is 93.4 Å². The Labute approximate surface area is 193 Å². The summed E-state index contributed by atoms with van der Waals surface area (Å²) in [5.74, 6) is 0.649. The molecule has 0 spiro atoms. The lowest BCUT2D eigenvalue weighted by Crippen LogP contribution is -2.51. The molecule has 2 fully saturated rings. The minimum atomic E-state index is -0.0666. The van der Waals surface area contributed by atoms with Gasteiger partial charge in [0.15, 0.2) is 0 Å². The largest absolute Gasteiger partial charge is 0.348 e. The number of halogens is 3. The van der Waals surface area contributed by atoms with E-state index in [0.29, 0.717) is 27.6 Å². The zero-order valence-corrected chi connectivity index (χ0v) is 19.2. The third-order valence-corrected chi connectivity index (χ3v) is 7.52. The summed E-state index contributed by atoms with van der Waals surface area (Å²) in [5, 5.41) is 4.92. The Balaban J connectivity index is 1.31. The molecule has 2 atom stereocenters. The molecule has 1 saturated heterocycles. The van der Waals surface area contributed by atoms with Crippen LogP contribution in [0.2, 0.25) is 15.1 Å². The Morgan fingerprint density at radius 2 is 1.67 bits per heavy atom. The third-order valence-electron chi connectivity index (χ3n) is 6.53. The van der Waals surface area contributed by atoms with Crippen molar-refractivity contribution in [3.8, 4) is 0 Å².